The van der Waals surface area contributed by atoms with Crippen molar-refractivity contribution < 1.29 is 35.3 Å². The fourth-order valence-corrected chi connectivity index (χ4v) is 9.30. The number of hydrogen-bond donors (Lipinski definition) is 1. The normalized spacial score (nSPS) is 22.8. The predicted octanol–water partition coefficient (Wildman–Crippen LogP) is 11.2. The Morgan fingerprint density at radius 1 is 0.636 bits per heavy atom. The predicted molar refractivity (Wildman–Crippen MR) is 166 cm³/mol. The molecule has 250 valence electrons. The van der Waals surface area contributed by atoms with Gasteiger partial charge in [0, 0.05) is 17.5 Å². The summed E-state index contributed by atoms with van der Waals surface area (Å²) in [5, 5.41) is -5.55. The molecule has 0 saturated heterocycles. The molecule has 0 spiro atoms. The van der Waals surface area contributed by atoms with Crippen LogP contribution in [0.3, 0.4) is 0 Å². The van der Waals surface area contributed by atoms with Crippen LogP contribution in [0.25, 0.3) is 0 Å². The minimum atomic E-state index is -6.25. The molecule has 0 atom stereocenters. The van der Waals surface area contributed by atoms with Gasteiger partial charge in [-0.25, -0.2) is 0 Å². The first-order chi connectivity index (χ1) is 21.0. The van der Waals surface area contributed by atoms with Crippen molar-refractivity contribution in [3.63, 3.8) is 0 Å². The molecule has 0 amide bonds. The Kier molecular flexibility index (Phi) is 11.3. The Labute approximate surface area is 261 Å². The molecule has 9 heteroatoms. The maximum atomic E-state index is 14.4. The van der Waals surface area contributed by atoms with Crippen LogP contribution in [0.1, 0.15) is 187 Å². The van der Waals surface area contributed by atoms with E-state index in [2.05, 4.69) is 6.07 Å². The standard InChI is InChI=1S/C35H52F4O4S/c36-34(37,35(38,39)44(40,41)42)22-13-23-43-33-31(27-18-9-3-10-19-27)29(25-14-5-1-6-15-25)24-30(26-16-7-2-8-17-26)32(33)28-20-11-4-12-21-28/h24-28H,1-23H2,(H,40,41,42). The van der Waals surface area contributed by atoms with Crippen LogP contribution in [0.4, 0.5) is 17.6 Å². The minimum Gasteiger partial charge on any atom is -0.493 e. The van der Waals surface area contributed by atoms with Gasteiger partial charge in [0.15, 0.2) is 0 Å². The average Bonchev–Trinajstić information content (AvgIpc) is 3.03. The number of benzene rings is 1. The molecule has 0 aliphatic heterocycles. The highest BCUT2D eigenvalue weighted by Gasteiger charge is 2.65. The van der Waals surface area contributed by atoms with E-state index < -0.39 is 34.1 Å². The second-order valence-electron chi connectivity index (χ2n) is 14.2. The molecule has 0 aromatic heterocycles. The fourth-order valence-electron chi connectivity index (χ4n) is 8.82. The average molecular weight is 645 g/mol. The number of hydrogen-bond acceptors (Lipinski definition) is 3. The van der Waals surface area contributed by atoms with Crippen LogP contribution in [0.2, 0.25) is 0 Å². The highest BCUT2D eigenvalue weighted by Crippen LogP contribution is 2.53. The van der Waals surface area contributed by atoms with E-state index in [-0.39, 0.29) is 6.61 Å². The van der Waals surface area contributed by atoms with E-state index in [0.717, 1.165) is 82.8 Å². The van der Waals surface area contributed by atoms with E-state index in [1.165, 1.54) is 73.6 Å². The van der Waals surface area contributed by atoms with Gasteiger partial charge in [-0.3, -0.25) is 4.55 Å². The summed E-state index contributed by atoms with van der Waals surface area (Å²) in [6, 6.07) is 2.56. The maximum absolute atomic E-state index is 14.4. The Bertz CT molecular complexity index is 1140. The summed E-state index contributed by atoms with van der Waals surface area (Å²) in [7, 11) is -6.25. The molecule has 1 aromatic rings. The zero-order valence-electron chi connectivity index (χ0n) is 26.2. The summed E-state index contributed by atoms with van der Waals surface area (Å²) in [5.41, 5.74) is 5.34. The lowest BCUT2D eigenvalue weighted by atomic mass is 9.69. The van der Waals surface area contributed by atoms with Gasteiger partial charge in [0.25, 0.3) is 0 Å². The second kappa shape index (κ2) is 14.6. The molecule has 4 aliphatic rings. The van der Waals surface area contributed by atoms with Gasteiger partial charge in [0.05, 0.1) is 6.61 Å². The third-order valence-corrected chi connectivity index (χ3v) is 12.1. The van der Waals surface area contributed by atoms with E-state index in [1.54, 1.807) is 0 Å². The molecular formula is C35H52F4O4S. The van der Waals surface area contributed by atoms with Gasteiger partial charge in [-0.15, -0.1) is 0 Å². The van der Waals surface area contributed by atoms with Gasteiger partial charge in [-0.05, 0) is 92.6 Å². The fraction of sp³-hybridized carbons (Fsp3) is 0.829. The number of halogens is 4. The molecule has 4 nitrogen and oxygen atoms in total. The van der Waals surface area contributed by atoms with Crippen molar-refractivity contribution in [1.29, 1.82) is 0 Å². The molecule has 0 heterocycles. The summed E-state index contributed by atoms with van der Waals surface area (Å²) in [6.45, 7) is -0.200. The summed E-state index contributed by atoms with van der Waals surface area (Å²) in [6.07, 6.45) is 21.3. The van der Waals surface area contributed by atoms with Gasteiger partial charge in [-0.2, -0.15) is 26.0 Å². The first-order valence-electron chi connectivity index (χ1n) is 17.6. The van der Waals surface area contributed by atoms with Crippen LogP contribution < -0.4 is 4.74 Å². The summed E-state index contributed by atoms with van der Waals surface area (Å²) in [5.74, 6) is -2.48. The van der Waals surface area contributed by atoms with Crippen molar-refractivity contribution in [3.05, 3.63) is 28.3 Å². The van der Waals surface area contributed by atoms with Crippen LogP contribution in [0.5, 0.6) is 5.75 Å². The van der Waals surface area contributed by atoms with E-state index in [4.69, 9.17) is 9.29 Å². The van der Waals surface area contributed by atoms with Gasteiger partial charge < -0.3 is 4.74 Å². The largest absolute Gasteiger partial charge is 0.493 e. The number of alkyl halides is 4. The molecule has 4 fully saturated rings. The van der Waals surface area contributed by atoms with Crippen molar-refractivity contribution in [2.24, 2.45) is 0 Å². The quantitative estimate of drug-likeness (QED) is 0.148. The highest BCUT2D eigenvalue weighted by atomic mass is 32.2. The molecule has 0 bridgehead atoms. The summed E-state index contributed by atoms with van der Waals surface area (Å²) < 4.78 is 94.4. The van der Waals surface area contributed by atoms with Crippen molar-refractivity contribution in [2.75, 3.05) is 6.61 Å². The molecule has 0 radical (unpaired) electrons. The Balaban J connectivity index is 1.57. The van der Waals surface area contributed by atoms with E-state index in [1.807, 2.05) is 0 Å². The molecule has 5 rings (SSSR count). The van der Waals surface area contributed by atoms with Crippen LogP contribution >= 0.6 is 0 Å². The molecule has 1 aromatic carbocycles. The Hall–Kier alpha value is -1.35. The third kappa shape index (κ3) is 7.44. The van der Waals surface area contributed by atoms with Crippen molar-refractivity contribution in [3.8, 4) is 5.75 Å². The van der Waals surface area contributed by atoms with Crippen molar-refractivity contribution in [2.45, 2.75) is 176 Å². The number of ether oxygens (including phenoxy) is 1. The Morgan fingerprint density at radius 2 is 1.00 bits per heavy atom. The smallest absolute Gasteiger partial charge is 0.431 e. The van der Waals surface area contributed by atoms with E-state index >= 15 is 0 Å². The van der Waals surface area contributed by atoms with E-state index in [0.29, 0.717) is 23.7 Å². The lowest BCUT2D eigenvalue weighted by Gasteiger charge is -2.37. The Morgan fingerprint density at radius 3 is 1.36 bits per heavy atom. The molecular weight excluding hydrogens is 592 g/mol. The third-order valence-electron chi connectivity index (χ3n) is 11.2. The second-order valence-corrected chi connectivity index (χ2v) is 15.7. The van der Waals surface area contributed by atoms with Gasteiger partial charge in [0.2, 0.25) is 0 Å². The first-order valence-corrected chi connectivity index (χ1v) is 19.0. The monoisotopic (exact) mass is 644 g/mol. The van der Waals surface area contributed by atoms with Crippen LogP contribution in [0, 0.1) is 0 Å². The SMILES string of the molecule is O=S(=O)(O)C(F)(F)C(F)(F)CCCOc1c(C2CCCCC2)c(C2CCCCC2)cc(C2CCCCC2)c1C1CCCCC1. The van der Waals surface area contributed by atoms with Gasteiger partial charge in [0.1, 0.15) is 5.75 Å². The van der Waals surface area contributed by atoms with Crippen molar-refractivity contribution >= 4 is 10.1 Å². The summed E-state index contributed by atoms with van der Waals surface area (Å²) >= 11 is 0. The highest BCUT2D eigenvalue weighted by molar-refractivity contribution is 7.87. The lowest BCUT2D eigenvalue weighted by Crippen LogP contribution is -2.46. The topological polar surface area (TPSA) is 63.6 Å². The van der Waals surface area contributed by atoms with Crippen molar-refractivity contribution in [1.82, 2.24) is 0 Å². The number of rotatable bonds is 11. The molecule has 44 heavy (non-hydrogen) atoms. The lowest BCUT2D eigenvalue weighted by molar-refractivity contribution is -0.165. The van der Waals surface area contributed by atoms with E-state index in [9.17, 15) is 26.0 Å². The minimum absolute atomic E-state index is 0.200. The molecule has 4 aliphatic carbocycles. The molecule has 1 N–H and O–H groups in total. The van der Waals surface area contributed by atoms with Gasteiger partial charge in [-0.1, -0.05) is 83.1 Å². The van der Waals surface area contributed by atoms with Crippen LogP contribution in [-0.4, -0.2) is 30.8 Å². The zero-order valence-corrected chi connectivity index (χ0v) is 27.1. The van der Waals surface area contributed by atoms with Crippen LogP contribution in [0.15, 0.2) is 6.07 Å². The van der Waals surface area contributed by atoms with Crippen LogP contribution in [-0.2, 0) is 10.1 Å². The zero-order chi connectivity index (χ0) is 31.4. The first kappa shape index (κ1) is 34.0. The maximum Gasteiger partial charge on any atom is 0.431 e. The van der Waals surface area contributed by atoms with Gasteiger partial charge >= 0.3 is 21.3 Å². The summed E-state index contributed by atoms with van der Waals surface area (Å²) in [4.78, 5) is 0. The molecule has 0 unspecified atom stereocenters. The molecule has 4 saturated carbocycles.